The summed E-state index contributed by atoms with van der Waals surface area (Å²) < 4.78 is 3.77. The molecular formula is C17H18N6O. The molecule has 2 atom stereocenters. The number of piperidine rings is 1. The molecular weight excluding hydrogens is 304 g/mol. The summed E-state index contributed by atoms with van der Waals surface area (Å²) in [4.78, 5) is 23.2. The molecule has 1 saturated heterocycles. The highest BCUT2D eigenvalue weighted by molar-refractivity contribution is 5.48. The highest BCUT2D eigenvalue weighted by Gasteiger charge is 2.35. The summed E-state index contributed by atoms with van der Waals surface area (Å²) in [5.74, 6) is 2.52. The molecule has 24 heavy (non-hydrogen) atoms. The van der Waals surface area contributed by atoms with Gasteiger partial charge in [-0.05, 0) is 25.3 Å². The Morgan fingerprint density at radius 2 is 2.12 bits per heavy atom. The third kappa shape index (κ3) is 1.97. The van der Waals surface area contributed by atoms with Gasteiger partial charge in [0.05, 0.1) is 0 Å². The molecule has 0 unspecified atom stereocenters. The Kier molecular flexibility index (Phi) is 2.80. The molecule has 0 spiro atoms. The third-order valence-electron chi connectivity index (χ3n) is 5.16. The molecule has 0 radical (unpaired) electrons. The summed E-state index contributed by atoms with van der Waals surface area (Å²) in [7, 11) is 0. The zero-order chi connectivity index (χ0) is 16.3. The molecule has 1 fully saturated rings. The smallest absolute Gasteiger partial charge is 0.254 e. The van der Waals surface area contributed by atoms with Crippen LogP contribution >= 0.6 is 0 Å². The average Bonchev–Trinajstić information content (AvgIpc) is 3.03. The second-order valence-electron chi connectivity index (χ2n) is 6.83. The maximum absolute atomic E-state index is 12.1. The number of aromatic nitrogens is 5. The van der Waals surface area contributed by atoms with E-state index in [4.69, 9.17) is 0 Å². The van der Waals surface area contributed by atoms with Crippen molar-refractivity contribution in [1.29, 1.82) is 0 Å². The number of rotatable bonds is 1. The second kappa shape index (κ2) is 4.90. The minimum atomic E-state index is 0.120. The molecule has 2 bridgehead atoms. The summed E-state index contributed by atoms with van der Waals surface area (Å²) in [6, 6.07) is 7.70. The number of hydrogen-bond donors (Lipinski definition) is 0. The van der Waals surface area contributed by atoms with E-state index in [1.165, 1.54) is 0 Å². The van der Waals surface area contributed by atoms with E-state index in [0.29, 0.717) is 17.6 Å². The van der Waals surface area contributed by atoms with Crippen LogP contribution < -0.4 is 10.5 Å². The van der Waals surface area contributed by atoms with Gasteiger partial charge in [0.1, 0.15) is 12.1 Å². The van der Waals surface area contributed by atoms with Gasteiger partial charge in [0, 0.05) is 49.1 Å². The lowest BCUT2D eigenvalue weighted by molar-refractivity contribution is 0.280. The number of nitrogens with zero attached hydrogens (tertiary/aromatic N) is 6. The normalized spacial score (nSPS) is 22.6. The second-order valence-corrected chi connectivity index (χ2v) is 6.83. The van der Waals surface area contributed by atoms with Gasteiger partial charge < -0.3 is 9.47 Å². The van der Waals surface area contributed by atoms with Crippen molar-refractivity contribution >= 4 is 11.6 Å². The molecule has 2 aliphatic heterocycles. The number of fused-ring (bicyclic) bond motifs is 5. The monoisotopic (exact) mass is 322 g/mol. The number of pyridine rings is 1. The molecule has 0 aromatic carbocycles. The molecule has 0 saturated carbocycles. The molecule has 7 heteroatoms. The molecule has 0 amide bonds. The third-order valence-corrected chi connectivity index (χ3v) is 5.16. The van der Waals surface area contributed by atoms with Crippen LogP contribution in [0, 0.1) is 12.8 Å². The van der Waals surface area contributed by atoms with Gasteiger partial charge in [-0.25, -0.2) is 4.98 Å². The van der Waals surface area contributed by atoms with Crippen molar-refractivity contribution < 1.29 is 0 Å². The first-order valence-corrected chi connectivity index (χ1v) is 8.31. The van der Waals surface area contributed by atoms with Crippen LogP contribution in [0.2, 0.25) is 0 Å². The van der Waals surface area contributed by atoms with E-state index in [2.05, 4.69) is 32.1 Å². The van der Waals surface area contributed by atoms with Gasteiger partial charge >= 0.3 is 0 Å². The van der Waals surface area contributed by atoms with E-state index in [9.17, 15) is 4.79 Å². The molecule has 5 rings (SSSR count). The lowest BCUT2D eigenvalue weighted by Crippen LogP contribution is -2.47. The van der Waals surface area contributed by atoms with Crippen LogP contribution in [0.15, 0.2) is 35.4 Å². The van der Waals surface area contributed by atoms with Gasteiger partial charge in [0.25, 0.3) is 11.3 Å². The molecule has 122 valence electrons. The fraction of sp³-hybridized carbons (Fsp3) is 0.412. The lowest BCUT2D eigenvalue weighted by Gasteiger charge is -2.43. The summed E-state index contributed by atoms with van der Waals surface area (Å²) in [6.45, 7) is 4.60. The van der Waals surface area contributed by atoms with Gasteiger partial charge in [-0.2, -0.15) is 14.6 Å². The van der Waals surface area contributed by atoms with E-state index < -0.39 is 0 Å². The zero-order valence-corrected chi connectivity index (χ0v) is 13.5. The van der Waals surface area contributed by atoms with Gasteiger partial charge in [-0.15, -0.1) is 0 Å². The van der Waals surface area contributed by atoms with Gasteiger partial charge in [0.2, 0.25) is 0 Å². The topological polar surface area (TPSA) is 68.3 Å². The summed E-state index contributed by atoms with van der Waals surface area (Å²) >= 11 is 0. The number of aryl methyl sites for hydroxylation is 1. The lowest BCUT2D eigenvalue weighted by atomic mass is 9.83. The Morgan fingerprint density at radius 3 is 3.04 bits per heavy atom. The SMILES string of the molecule is Cc1cc(N2C[C@@H]3C[C@@H](C2)c2cccc(=O)n2C3)n2ncnc2n1. The van der Waals surface area contributed by atoms with Crippen molar-refractivity contribution in [2.24, 2.45) is 5.92 Å². The standard InChI is InChI=1S/C17H18N6O/c1-11-5-15(23-17(20-11)18-10-19-23)21-7-12-6-13(9-21)14-3-2-4-16(24)22(14)8-12/h2-5,10,12-13H,6-9H2,1H3/t12-,13-/m0/s1. The Morgan fingerprint density at radius 1 is 1.21 bits per heavy atom. The Balaban J connectivity index is 1.59. The molecule has 7 nitrogen and oxygen atoms in total. The maximum atomic E-state index is 12.1. The van der Waals surface area contributed by atoms with Crippen LogP contribution in [0.5, 0.6) is 0 Å². The minimum absolute atomic E-state index is 0.120. The molecule has 3 aromatic rings. The maximum Gasteiger partial charge on any atom is 0.254 e. The molecule has 0 aliphatic carbocycles. The fourth-order valence-electron chi connectivity index (χ4n) is 4.22. The van der Waals surface area contributed by atoms with Crippen LogP contribution in [-0.2, 0) is 6.54 Å². The summed E-state index contributed by atoms with van der Waals surface area (Å²) in [5, 5.41) is 4.33. The first kappa shape index (κ1) is 13.7. The zero-order valence-electron chi connectivity index (χ0n) is 13.5. The Bertz CT molecular complexity index is 990. The average molecular weight is 322 g/mol. The van der Waals surface area contributed by atoms with Crippen molar-refractivity contribution in [3.8, 4) is 0 Å². The van der Waals surface area contributed by atoms with E-state index in [-0.39, 0.29) is 5.56 Å². The van der Waals surface area contributed by atoms with Gasteiger partial charge in [0.15, 0.2) is 0 Å². The molecule has 3 aromatic heterocycles. The number of hydrogen-bond acceptors (Lipinski definition) is 5. The van der Waals surface area contributed by atoms with Gasteiger partial charge in [-0.3, -0.25) is 4.79 Å². The molecule has 2 aliphatic rings. The van der Waals surface area contributed by atoms with E-state index >= 15 is 0 Å². The van der Waals surface area contributed by atoms with Gasteiger partial charge in [-0.1, -0.05) is 6.07 Å². The van der Waals surface area contributed by atoms with E-state index in [0.717, 1.165) is 43.3 Å². The van der Waals surface area contributed by atoms with E-state index in [1.54, 1.807) is 12.4 Å². The number of anilines is 1. The first-order valence-electron chi connectivity index (χ1n) is 8.31. The van der Waals surface area contributed by atoms with Crippen molar-refractivity contribution in [3.05, 3.63) is 52.3 Å². The van der Waals surface area contributed by atoms with E-state index in [1.807, 2.05) is 22.1 Å². The van der Waals surface area contributed by atoms with Crippen LogP contribution in [0.4, 0.5) is 5.82 Å². The summed E-state index contributed by atoms with van der Waals surface area (Å²) in [6.07, 6.45) is 2.69. The largest absolute Gasteiger partial charge is 0.355 e. The van der Waals surface area contributed by atoms with Crippen LogP contribution in [0.25, 0.3) is 5.78 Å². The molecule has 5 heterocycles. The van der Waals surface area contributed by atoms with Crippen LogP contribution in [0.3, 0.4) is 0 Å². The van der Waals surface area contributed by atoms with Crippen molar-refractivity contribution in [3.63, 3.8) is 0 Å². The predicted octanol–water partition coefficient (Wildman–Crippen LogP) is 1.22. The van der Waals surface area contributed by atoms with Crippen molar-refractivity contribution in [2.45, 2.75) is 25.8 Å². The quantitative estimate of drug-likeness (QED) is 0.674. The highest BCUT2D eigenvalue weighted by atomic mass is 16.1. The Hall–Kier alpha value is -2.70. The highest BCUT2D eigenvalue weighted by Crippen LogP contribution is 2.36. The fourth-order valence-corrected chi connectivity index (χ4v) is 4.22. The minimum Gasteiger partial charge on any atom is -0.355 e. The van der Waals surface area contributed by atoms with Crippen molar-refractivity contribution in [1.82, 2.24) is 24.1 Å². The van der Waals surface area contributed by atoms with Crippen molar-refractivity contribution in [2.75, 3.05) is 18.0 Å². The van der Waals surface area contributed by atoms with Crippen LogP contribution in [0.1, 0.15) is 23.7 Å². The first-order chi connectivity index (χ1) is 11.7. The molecule has 0 N–H and O–H groups in total. The summed E-state index contributed by atoms with van der Waals surface area (Å²) in [5.41, 5.74) is 2.22. The Labute approximate surface area is 138 Å². The van der Waals surface area contributed by atoms with Crippen LogP contribution in [-0.4, -0.2) is 37.2 Å². The predicted molar refractivity (Wildman–Crippen MR) is 89.3 cm³/mol.